The standard InChI is InChI=1S/CHF3O3S.Hf.H2O/c2-1(3,4)8(5,6)7;;/h(H,5,6,7);;1H2. The van der Waals surface area contributed by atoms with E-state index in [-0.39, 0.29) is 31.3 Å². The average Bonchev–Trinajstić information content (AvgIpc) is 1.25. The van der Waals surface area contributed by atoms with E-state index in [1.165, 1.54) is 0 Å². The second-order valence-corrected chi connectivity index (χ2v) is 2.33. The van der Waals surface area contributed by atoms with E-state index in [4.69, 9.17) is 13.0 Å². The minimum absolute atomic E-state index is 0. The van der Waals surface area contributed by atoms with Crippen LogP contribution in [0.2, 0.25) is 0 Å². The average molecular weight is 347 g/mol. The van der Waals surface area contributed by atoms with E-state index in [1.807, 2.05) is 0 Å². The quantitative estimate of drug-likeness (QED) is 0.367. The summed E-state index contributed by atoms with van der Waals surface area (Å²) in [5.41, 5.74) is -5.53. The van der Waals surface area contributed by atoms with Gasteiger partial charge in [-0.2, -0.15) is 21.6 Å². The third-order valence-electron chi connectivity index (χ3n) is 0.292. The Bertz CT molecular complexity index is 169. The predicted molar refractivity (Wildman–Crippen MR) is 21.2 cm³/mol. The number of hydrogen-bond acceptors (Lipinski definition) is 2. The summed E-state index contributed by atoms with van der Waals surface area (Å²) in [5, 5.41) is 0. The normalized spacial score (nSPS) is 11.2. The molecule has 4 nitrogen and oxygen atoms in total. The molecule has 62 valence electrons. The third-order valence-corrected chi connectivity index (χ3v) is 0.877. The van der Waals surface area contributed by atoms with Crippen molar-refractivity contribution < 1.29 is 57.5 Å². The molecule has 0 saturated heterocycles. The molecule has 9 heteroatoms. The summed E-state index contributed by atoms with van der Waals surface area (Å²) in [6.45, 7) is 0. The zero-order valence-corrected chi connectivity index (χ0v) is 8.72. The van der Waals surface area contributed by atoms with Crippen LogP contribution in [0.1, 0.15) is 0 Å². The van der Waals surface area contributed by atoms with Gasteiger partial charge in [0.15, 0.2) is 0 Å². The van der Waals surface area contributed by atoms with Crippen LogP contribution in [0, 0.1) is 0 Å². The van der Waals surface area contributed by atoms with Crippen molar-refractivity contribution in [2.75, 3.05) is 0 Å². The Morgan fingerprint density at radius 1 is 1.20 bits per heavy atom. The van der Waals surface area contributed by atoms with Crippen LogP contribution in [0.5, 0.6) is 0 Å². The van der Waals surface area contributed by atoms with Crippen LogP contribution in [0.3, 0.4) is 0 Å². The molecule has 0 unspecified atom stereocenters. The first-order valence-electron chi connectivity index (χ1n) is 1.29. The number of halogens is 3. The molecular formula is CH3F3HfO4S. The molecule has 0 rings (SSSR count). The molecule has 3 N–H and O–H groups in total. The smallest absolute Gasteiger partial charge is 0.412 e. The minimum atomic E-state index is -5.84. The molecule has 0 bridgehead atoms. The van der Waals surface area contributed by atoms with Crippen molar-refractivity contribution in [3.63, 3.8) is 0 Å². The van der Waals surface area contributed by atoms with Crippen LogP contribution in [0.25, 0.3) is 0 Å². The molecular weight excluding hydrogens is 344 g/mol. The first-order valence-corrected chi connectivity index (χ1v) is 2.73. The Kier molecular flexibility index (Phi) is 7.45. The van der Waals surface area contributed by atoms with Crippen LogP contribution in [-0.2, 0) is 36.0 Å². The van der Waals surface area contributed by atoms with E-state index in [0.29, 0.717) is 0 Å². The Morgan fingerprint density at radius 3 is 1.30 bits per heavy atom. The molecule has 0 radical (unpaired) electrons. The van der Waals surface area contributed by atoms with Crippen LogP contribution < -0.4 is 0 Å². The van der Waals surface area contributed by atoms with Gasteiger partial charge in [-0.25, -0.2) is 0 Å². The summed E-state index contributed by atoms with van der Waals surface area (Å²) < 4.78 is 57.5. The number of rotatable bonds is 0. The van der Waals surface area contributed by atoms with Crippen LogP contribution in [0.15, 0.2) is 0 Å². The summed E-state index contributed by atoms with van der Waals surface area (Å²) in [7, 11) is -5.84. The predicted octanol–water partition coefficient (Wildman–Crippen LogP) is -0.433. The Morgan fingerprint density at radius 2 is 1.30 bits per heavy atom. The van der Waals surface area contributed by atoms with Gasteiger partial charge < -0.3 is 5.48 Å². The van der Waals surface area contributed by atoms with E-state index >= 15 is 0 Å². The minimum Gasteiger partial charge on any atom is -0.412 e. The van der Waals surface area contributed by atoms with E-state index in [1.54, 1.807) is 0 Å². The van der Waals surface area contributed by atoms with Gasteiger partial charge >= 0.3 is 15.6 Å². The zero-order chi connectivity index (χ0) is 7.00. The summed E-state index contributed by atoms with van der Waals surface area (Å²) >= 11 is 0. The topological polar surface area (TPSA) is 85.9 Å². The summed E-state index contributed by atoms with van der Waals surface area (Å²) in [4.78, 5) is 0. The van der Waals surface area contributed by atoms with Crippen LogP contribution >= 0.6 is 0 Å². The van der Waals surface area contributed by atoms with Gasteiger partial charge in [0, 0.05) is 25.8 Å². The fraction of sp³-hybridized carbons (Fsp3) is 1.00. The molecule has 0 aliphatic rings. The van der Waals surface area contributed by atoms with Gasteiger partial charge in [-0.3, -0.25) is 4.55 Å². The van der Waals surface area contributed by atoms with Crippen molar-refractivity contribution in [3.05, 3.63) is 0 Å². The second-order valence-electron chi connectivity index (χ2n) is 0.921. The molecule has 0 aromatic carbocycles. The van der Waals surface area contributed by atoms with Gasteiger partial charge in [0.2, 0.25) is 0 Å². The molecule has 0 aliphatic carbocycles. The molecule has 0 amide bonds. The molecule has 0 aromatic heterocycles. The molecule has 0 spiro atoms. The largest absolute Gasteiger partial charge is 0.522 e. The summed E-state index contributed by atoms with van der Waals surface area (Å²) in [6, 6.07) is 0. The molecule has 0 aromatic rings. The summed E-state index contributed by atoms with van der Waals surface area (Å²) in [6.07, 6.45) is 0. The Hall–Kier alpha value is 0.530. The maximum Gasteiger partial charge on any atom is 0.522 e. The van der Waals surface area contributed by atoms with Gasteiger partial charge in [-0.05, 0) is 0 Å². The van der Waals surface area contributed by atoms with Crippen molar-refractivity contribution in [3.8, 4) is 0 Å². The van der Waals surface area contributed by atoms with Gasteiger partial charge in [0.1, 0.15) is 0 Å². The van der Waals surface area contributed by atoms with Crippen molar-refractivity contribution in [2.45, 2.75) is 5.51 Å². The second kappa shape index (κ2) is 4.42. The fourth-order valence-corrected chi connectivity index (χ4v) is 0. The van der Waals surface area contributed by atoms with E-state index in [0.717, 1.165) is 0 Å². The van der Waals surface area contributed by atoms with Crippen LogP contribution in [0.4, 0.5) is 13.2 Å². The first kappa shape index (κ1) is 16.9. The van der Waals surface area contributed by atoms with Crippen molar-refractivity contribution in [2.24, 2.45) is 0 Å². The SMILES string of the molecule is O.O=S(=O)(O)C(F)(F)F.[Hf]. The molecule has 0 saturated carbocycles. The van der Waals surface area contributed by atoms with Crippen molar-refractivity contribution in [1.29, 1.82) is 0 Å². The number of alkyl halides is 3. The van der Waals surface area contributed by atoms with Gasteiger partial charge in [0.05, 0.1) is 0 Å². The molecule has 0 heterocycles. The van der Waals surface area contributed by atoms with Crippen molar-refractivity contribution in [1.82, 2.24) is 0 Å². The van der Waals surface area contributed by atoms with Gasteiger partial charge in [-0.1, -0.05) is 0 Å². The van der Waals surface area contributed by atoms with Gasteiger partial charge in [0.25, 0.3) is 0 Å². The maximum absolute atomic E-state index is 10.7. The van der Waals surface area contributed by atoms with E-state index in [2.05, 4.69) is 0 Å². The van der Waals surface area contributed by atoms with E-state index < -0.39 is 15.6 Å². The summed E-state index contributed by atoms with van der Waals surface area (Å²) in [5.74, 6) is 0. The molecule has 0 atom stereocenters. The zero-order valence-electron chi connectivity index (χ0n) is 4.31. The van der Waals surface area contributed by atoms with Crippen molar-refractivity contribution >= 4 is 10.1 Å². The molecule has 0 fully saturated rings. The van der Waals surface area contributed by atoms with Crippen LogP contribution in [-0.4, -0.2) is 24.0 Å². The number of hydrogen-bond donors (Lipinski definition) is 1. The first-order chi connectivity index (χ1) is 3.25. The van der Waals surface area contributed by atoms with Gasteiger partial charge in [-0.15, -0.1) is 0 Å². The maximum atomic E-state index is 10.7. The monoisotopic (exact) mass is 348 g/mol. The molecule has 0 aliphatic heterocycles. The molecule has 10 heavy (non-hydrogen) atoms. The third kappa shape index (κ3) is 5.33. The fourth-order valence-electron chi connectivity index (χ4n) is 0. The Balaban J connectivity index is -0.000000245. The van der Waals surface area contributed by atoms with E-state index in [9.17, 15) is 13.2 Å². The Labute approximate surface area is 73.3 Å².